The van der Waals surface area contributed by atoms with Crippen molar-refractivity contribution in [1.82, 2.24) is 25.2 Å². The van der Waals surface area contributed by atoms with Crippen molar-refractivity contribution in [1.29, 1.82) is 0 Å². The zero-order valence-corrected chi connectivity index (χ0v) is 24.3. The summed E-state index contributed by atoms with van der Waals surface area (Å²) in [6, 6.07) is 13.4. The maximum absolute atomic E-state index is 13.1. The quantitative estimate of drug-likeness (QED) is 0.356. The van der Waals surface area contributed by atoms with Gasteiger partial charge in [-0.1, -0.05) is 24.8 Å². The summed E-state index contributed by atoms with van der Waals surface area (Å²) < 4.78 is 5.12. The first-order valence-corrected chi connectivity index (χ1v) is 14.5. The molecule has 1 fully saturated rings. The van der Waals surface area contributed by atoms with Gasteiger partial charge in [-0.2, -0.15) is 0 Å². The monoisotopic (exact) mass is 566 g/mol. The summed E-state index contributed by atoms with van der Waals surface area (Å²) >= 11 is 0. The molecule has 0 radical (unpaired) electrons. The molecule has 3 aliphatic heterocycles. The number of likely N-dealkylation sites (tertiary alicyclic amines) is 1. The number of ether oxygens (including phenoxy) is 1. The largest absolute Gasteiger partial charge is 0.450 e. The van der Waals surface area contributed by atoms with E-state index in [1.54, 1.807) is 4.90 Å². The van der Waals surface area contributed by atoms with E-state index >= 15 is 0 Å². The normalized spacial score (nSPS) is 18.0. The molecule has 0 saturated carbocycles. The van der Waals surface area contributed by atoms with E-state index in [1.165, 1.54) is 0 Å². The van der Waals surface area contributed by atoms with Crippen molar-refractivity contribution in [3.63, 3.8) is 0 Å². The number of rotatable bonds is 6. The topological polar surface area (TPSA) is 90.4 Å². The fourth-order valence-corrected chi connectivity index (χ4v) is 5.48. The van der Waals surface area contributed by atoms with Crippen LogP contribution in [-0.2, 0) is 4.74 Å². The number of piperidine rings is 1. The number of aromatic nitrogens is 1. The summed E-state index contributed by atoms with van der Waals surface area (Å²) in [5, 5.41) is 1.85. The van der Waals surface area contributed by atoms with Crippen LogP contribution in [0.5, 0.6) is 0 Å². The molecule has 218 valence electrons. The summed E-state index contributed by atoms with van der Waals surface area (Å²) in [4.78, 5) is 38.0. The number of nitrogens with one attached hydrogen (secondary N) is 1. The Labute approximate surface area is 247 Å². The molecule has 1 aromatic carbocycles. The zero-order valence-electron chi connectivity index (χ0n) is 24.3. The van der Waals surface area contributed by atoms with Gasteiger partial charge in [0.15, 0.2) is 0 Å². The second-order valence-corrected chi connectivity index (χ2v) is 10.5. The number of carbonyl (C=O) groups is 2. The van der Waals surface area contributed by atoms with Gasteiger partial charge in [0.2, 0.25) is 0 Å². The van der Waals surface area contributed by atoms with Crippen LogP contribution in [0.25, 0.3) is 0 Å². The van der Waals surface area contributed by atoms with Gasteiger partial charge in [0.1, 0.15) is 5.84 Å². The molecule has 0 aliphatic carbocycles. The third-order valence-electron chi connectivity index (χ3n) is 7.76. The van der Waals surface area contributed by atoms with Crippen LogP contribution < -0.4 is 5.43 Å². The SMILES string of the molecule is C=C1C(C2=CCN(C(=O)OCC)CC2)=CC=CN1NC(C)=Nc1ccc(C(=O)N2CCC(c3ccccn3)CC2)cc1. The van der Waals surface area contributed by atoms with Gasteiger partial charge in [0.05, 0.1) is 18.0 Å². The third-order valence-corrected chi connectivity index (χ3v) is 7.76. The van der Waals surface area contributed by atoms with Crippen LogP contribution >= 0.6 is 0 Å². The predicted octanol–water partition coefficient (Wildman–Crippen LogP) is 5.71. The average molecular weight is 567 g/mol. The molecule has 0 atom stereocenters. The second-order valence-electron chi connectivity index (χ2n) is 10.5. The summed E-state index contributed by atoms with van der Waals surface area (Å²) in [6.07, 6.45) is 12.1. The summed E-state index contributed by atoms with van der Waals surface area (Å²) in [5.74, 6) is 1.14. The van der Waals surface area contributed by atoms with Crippen molar-refractivity contribution in [3.05, 3.63) is 108 Å². The van der Waals surface area contributed by atoms with E-state index in [0.29, 0.717) is 37.0 Å². The Morgan fingerprint density at radius 1 is 1.10 bits per heavy atom. The van der Waals surface area contributed by atoms with Gasteiger partial charge in [0.25, 0.3) is 5.91 Å². The van der Waals surface area contributed by atoms with Crippen LogP contribution in [-0.4, -0.2) is 70.4 Å². The van der Waals surface area contributed by atoms with E-state index in [0.717, 1.165) is 60.6 Å². The highest BCUT2D eigenvalue weighted by atomic mass is 16.6. The standard InChI is InChI=1S/C33H38N6O3/c1-4-42-33(41)38-22-14-26(15-23-38)30-8-7-19-39(24(30)2)36-25(3)35-29-12-10-28(11-13-29)32(40)37-20-16-27(17-21-37)31-9-5-6-18-34-31/h5-14,18-19,27H,2,4,15-17,20-23H2,1,3H3,(H,35,36). The number of benzene rings is 1. The van der Waals surface area contributed by atoms with Crippen LogP contribution in [0.3, 0.4) is 0 Å². The first-order chi connectivity index (χ1) is 20.4. The molecule has 1 N–H and O–H groups in total. The molecule has 4 heterocycles. The minimum absolute atomic E-state index is 0.0521. The molecular formula is C33H38N6O3. The molecule has 5 rings (SSSR count). The van der Waals surface area contributed by atoms with Crippen LogP contribution in [0.15, 0.2) is 102 Å². The minimum Gasteiger partial charge on any atom is -0.450 e. The van der Waals surface area contributed by atoms with E-state index in [2.05, 4.69) is 29.1 Å². The van der Waals surface area contributed by atoms with Gasteiger partial charge in [-0.15, -0.1) is 0 Å². The molecule has 2 amide bonds. The number of amidine groups is 1. The Kier molecular flexibility index (Phi) is 9.16. The Bertz CT molecular complexity index is 1420. The number of hydrazine groups is 1. The van der Waals surface area contributed by atoms with E-state index < -0.39 is 0 Å². The van der Waals surface area contributed by atoms with Crippen molar-refractivity contribution in [2.75, 3.05) is 32.8 Å². The van der Waals surface area contributed by atoms with Gasteiger partial charge >= 0.3 is 6.09 Å². The zero-order chi connectivity index (χ0) is 29.5. The van der Waals surface area contributed by atoms with Crippen LogP contribution in [0, 0.1) is 0 Å². The minimum atomic E-state index is -0.280. The number of allylic oxidation sites excluding steroid dienone is 3. The number of hydrogen-bond acceptors (Lipinski definition) is 6. The van der Waals surface area contributed by atoms with E-state index in [9.17, 15) is 9.59 Å². The Balaban J connectivity index is 1.14. The van der Waals surface area contributed by atoms with Gasteiger partial charge in [-0.05, 0) is 81.2 Å². The highest BCUT2D eigenvalue weighted by molar-refractivity contribution is 5.94. The molecule has 9 nitrogen and oxygen atoms in total. The van der Waals surface area contributed by atoms with Crippen LogP contribution in [0.4, 0.5) is 10.5 Å². The lowest BCUT2D eigenvalue weighted by Gasteiger charge is -2.32. The lowest BCUT2D eigenvalue weighted by Crippen LogP contribution is -2.39. The molecular weight excluding hydrogens is 528 g/mol. The van der Waals surface area contributed by atoms with E-state index in [4.69, 9.17) is 9.73 Å². The fraction of sp³-hybridized carbons (Fsp3) is 0.333. The second kappa shape index (κ2) is 13.3. The fourth-order valence-electron chi connectivity index (χ4n) is 5.48. The van der Waals surface area contributed by atoms with Gasteiger partial charge < -0.3 is 14.5 Å². The Morgan fingerprint density at radius 2 is 1.88 bits per heavy atom. The molecule has 1 aromatic heterocycles. The number of amides is 2. The van der Waals surface area contributed by atoms with Crippen molar-refractivity contribution in [2.45, 2.75) is 39.0 Å². The predicted molar refractivity (Wildman–Crippen MR) is 164 cm³/mol. The van der Waals surface area contributed by atoms with E-state index in [-0.39, 0.29) is 12.0 Å². The van der Waals surface area contributed by atoms with Crippen molar-refractivity contribution in [3.8, 4) is 0 Å². The number of pyridine rings is 1. The van der Waals surface area contributed by atoms with Gasteiger partial charge in [-0.3, -0.25) is 20.2 Å². The number of aliphatic imine (C=N–C) groups is 1. The van der Waals surface area contributed by atoms with Crippen LogP contribution in [0.1, 0.15) is 55.1 Å². The summed E-state index contributed by atoms with van der Waals surface area (Å²) in [6.45, 7) is 10.9. The van der Waals surface area contributed by atoms with Crippen molar-refractivity contribution >= 4 is 23.5 Å². The highest BCUT2D eigenvalue weighted by Gasteiger charge is 2.26. The average Bonchev–Trinajstić information content (AvgIpc) is 3.03. The Morgan fingerprint density at radius 3 is 2.55 bits per heavy atom. The molecule has 2 aromatic rings. The molecule has 9 heteroatoms. The number of carbonyl (C=O) groups excluding carboxylic acids is 2. The molecule has 42 heavy (non-hydrogen) atoms. The number of hydrogen-bond donors (Lipinski definition) is 1. The molecule has 0 bridgehead atoms. The lowest BCUT2D eigenvalue weighted by atomic mass is 9.92. The number of nitrogens with zero attached hydrogens (tertiary/aromatic N) is 5. The van der Waals surface area contributed by atoms with Crippen LogP contribution in [0.2, 0.25) is 0 Å². The highest BCUT2D eigenvalue weighted by Crippen LogP contribution is 2.29. The lowest BCUT2D eigenvalue weighted by molar-refractivity contribution is 0.0712. The van der Waals surface area contributed by atoms with Gasteiger partial charge in [-0.25, -0.2) is 9.79 Å². The maximum atomic E-state index is 13.1. The summed E-state index contributed by atoms with van der Waals surface area (Å²) in [7, 11) is 0. The first kappa shape index (κ1) is 28.9. The molecule has 0 spiro atoms. The third kappa shape index (κ3) is 6.79. The van der Waals surface area contributed by atoms with E-state index in [1.807, 2.05) is 84.7 Å². The molecule has 0 unspecified atom stereocenters. The maximum Gasteiger partial charge on any atom is 0.410 e. The smallest absolute Gasteiger partial charge is 0.410 e. The first-order valence-electron chi connectivity index (χ1n) is 14.5. The summed E-state index contributed by atoms with van der Waals surface area (Å²) in [5.41, 5.74) is 8.80. The van der Waals surface area contributed by atoms with Crippen molar-refractivity contribution < 1.29 is 14.3 Å². The Hall–Kier alpha value is -4.66. The van der Waals surface area contributed by atoms with Gasteiger partial charge in [0, 0.05) is 61.3 Å². The van der Waals surface area contributed by atoms with Crippen molar-refractivity contribution in [2.24, 2.45) is 4.99 Å². The molecule has 3 aliphatic rings. The molecule has 1 saturated heterocycles.